The molecule has 1 amide bonds. The molecular formula is C18H24N4O5. The van der Waals surface area contributed by atoms with Gasteiger partial charge in [0.1, 0.15) is 11.6 Å². The Labute approximate surface area is 157 Å². The van der Waals surface area contributed by atoms with Gasteiger partial charge in [0.15, 0.2) is 6.61 Å². The maximum atomic E-state index is 12.2. The number of nitrogens with one attached hydrogen (secondary N) is 1. The van der Waals surface area contributed by atoms with Gasteiger partial charge in [0.05, 0.1) is 18.2 Å². The third-order valence-electron chi connectivity index (χ3n) is 4.37. The summed E-state index contributed by atoms with van der Waals surface area (Å²) in [6.45, 7) is 5.83. The molecule has 0 aliphatic heterocycles. The van der Waals surface area contributed by atoms with Gasteiger partial charge in [-0.1, -0.05) is 25.5 Å². The van der Waals surface area contributed by atoms with Crippen molar-refractivity contribution in [2.45, 2.75) is 39.8 Å². The number of ether oxygens (including phenoxy) is 2. The van der Waals surface area contributed by atoms with Crippen LogP contribution in [0.15, 0.2) is 18.2 Å². The number of methoxy groups -OCH3 is 1. The smallest absolute Gasteiger partial charge is 0.338 e. The number of hydrogen-bond acceptors (Lipinski definition) is 7. The van der Waals surface area contributed by atoms with Crippen LogP contribution in [0, 0.1) is 5.92 Å². The summed E-state index contributed by atoms with van der Waals surface area (Å²) in [6, 6.07) is 4.09. The van der Waals surface area contributed by atoms with Crippen molar-refractivity contribution in [1.82, 2.24) is 20.3 Å². The van der Waals surface area contributed by atoms with Crippen LogP contribution in [0.4, 0.5) is 0 Å². The van der Waals surface area contributed by atoms with Crippen LogP contribution < -0.4 is 5.32 Å². The van der Waals surface area contributed by atoms with Crippen molar-refractivity contribution in [3.8, 4) is 0 Å². The van der Waals surface area contributed by atoms with Gasteiger partial charge < -0.3 is 14.8 Å². The Bertz CT molecular complexity index is 832. The van der Waals surface area contributed by atoms with Crippen LogP contribution in [0.5, 0.6) is 0 Å². The number of carbonyl (C=O) groups is 3. The monoisotopic (exact) mass is 376 g/mol. The normalized spacial score (nSPS) is 13.0. The largest absolute Gasteiger partial charge is 0.467 e. The molecule has 0 aliphatic rings. The zero-order chi connectivity index (χ0) is 20.0. The standard InChI is InChI=1S/C18H24N4O5/c1-5-11(3)16(18(25)26-4)19-15(23)10-27-17(24)12-7-8-14-13(9-12)20-21-22(14)6-2/h7-9,11,16H,5-6,10H2,1-4H3,(H,19,23)/t11-,16+/m1/s1. The van der Waals surface area contributed by atoms with Crippen LogP contribution in [-0.4, -0.2) is 52.6 Å². The third kappa shape index (κ3) is 4.81. The highest BCUT2D eigenvalue weighted by atomic mass is 16.5. The van der Waals surface area contributed by atoms with Crippen molar-refractivity contribution in [2.75, 3.05) is 13.7 Å². The van der Waals surface area contributed by atoms with Crippen molar-refractivity contribution >= 4 is 28.9 Å². The highest BCUT2D eigenvalue weighted by Gasteiger charge is 2.27. The van der Waals surface area contributed by atoms with Crippen molar-refractivity contribution in [3.63, 3.8) is 0 Å². The minimum Gasteiger partial charge on any atom is -0.467 e. The number of benzene rings is 1. The number of aromatic nitrogens is 3. The van der Waals surface area contributed by atoms with Crippen molar-refractivity contribution in [2.24, 2.45) is 5.92 Å². The molecule has 9 nitrogen and oxygen atoms in total. The maximum absolute atomic E-state index is 12.2. The summed E-state index contributed by atoms with van der Waals surface area (Å²) in [7, 11) is 1.26. The van der Waals surface area contributed by atoms with Gasteiger partial charge in [-0.3, -0.25) is 4.79 Å². The van der Waals surface area contributed by atoms with Crippen LogP contribution >= 0.6 is 0 Å². The molecule has 0 saturated heterocycles. The Morgan fingerprint density at radius 2 is 2.00 bits per heavy atom. The summed E-state index contributed by atoms with van der Waals surface area (Å²) < 4.78 is 11.5. The Morgan fingerprint density at radius 1 is 1.26 bits per heavy atom. The van der Waals surface area contributed by atoms with E-state index in [9.17, 15) is 14.4 Å². The number of esters is 2. The molecule has 1 aromatic heterocycles. The summed E-state index contributed by atoms with van der Waals surface area (Å²) in [5.74, 6) is -1.87. The predicted molar refractivity (Wildman–Crippen MR) is 96.9 cm³/mol. The Hall–Kier alpha value is -2.97. The molecule has 0 spiro atoms. The van der Waals surface area contributed by atoms with E-state index in [1.165, 1.54) is 7.11 Å². The summed E-state index contributed by atoms with van der Waals surface area (Å²) >= 11 is 0. The molecule has 0 radical (unpaired) electrons. The molecule has 27 heavy (non-hydrogen) atoms. The van der Waals surface area contributed by atoms with E-state index in [1.54, 1.807) is 22.9 Å². The molecule has 1 heterocycles. The first-order valence-corrected chi connectivity index (χ1v) is 8.78. The van der Waals surface area contributed by atoms with Crippen LogP contribution in [-0.2, 0) is 25.6 Å². The van der Waals surface area contributed by atoms with Crippen molar-refractivity contribution < 1.29 is 23.9 Å². The highest BCUT2D eigenvalue weighted by molar-refractivity contribution is 5.95. The summed E-state index contributed by atoms with van der Waals surface area (Å²) in [5.41, 5.74) is 1.64. The SMILES string of the molecule is CC[C@@H](C)[C@H](NC(=O)COC(=O)c1ccc2c(c1)nnn2CC)C(=O)OC. The molecular weight excluding hydrogens is 352 g/mol. The second-order valence-electron chi connectivity index (χ2n) is 6.14. The Balaban J connectivity index is 1.97. The molecule has 9 heteroatoms. The van der Waals surface area contributed by atoms with Gasteiger partial charge in [0, 0.05) is 6.54 Å². The lowest BCUT2D eigenvalue weighted by Crippen LogP contribution is -2.47. The lowest BCUT2D eigenvalue weighted by atomic mass is 9.99. The zero-order valence-corrected chi connectivity index (χ0v) is 15.9. The zero-order valence-electron chi connectivity index (χ0n) is 15.9. The third-order valence-corrected chi connectivity index (χ3v) is 4.37. The molecule has 2 aromatic rings. The predicted octanol–water partition coefficient (Wildman–Crippen LogP) is 1.31. The molecule has 2 atom stereocenters. The summed E-state index contributed by atoms with van der Waals surface area (Å²) in [6.07, 6.45) is 0.679. The van der Waals surface area contributed by atoms with Crippen LogP contribution in [0.2, 0.25) is 0 Å². The lowest BCUT2D eigenvalue weighted by molar-refractivity contribution is -0.147. The van der Waals surface area contributed by atoms with E-state index in [0.29, 0.717) is 18.5 Å². The number of hydrogen-bond donors (Lipinski definition) is 1. The molecule has 0 saturated carbocycles. The van der Waals surface area contributed by atoms with Gasteiger partial charge in [-0.25, -0.2) is 14.3 Å². The van der Waals surface area contributed by atoms with E-state index in [0.717, 1.165) is 5.52 Å². The van der Waals surface area contributed by atoms with Gasteiger partial charge in [-0.2, -0.15) is 0 Å². The fourth-order valence-electron chi connectivity index (χ4n) is 2.56. The molecule has 1 aromatic carbocycles. The minimum absolute atomic E-state index is 0.110. The number of carbonyl (C=O) groups excluding carboxylic acids is 3. The minimum atomic E-state index is -0.786. The number of nitrogens with zero attached hydrogens (tertiary/aromatic N) is 3. The van der Waals surface area contributed by atoms with E-state index >= 15 is 0 Å². The quantitative estimate of drug-likeness (QED) is 0.691. The van der Waals surface area contributed by atoms with Crippen LogP contribution in [0.3, 0.4) is 0 Å². The van der Waals surface area contributed by atoms with E-state index in [-0.39, 0.29) is 11.5 Å². The van der Waals surface area contributed by atoms with Crippen molar-refractivity contribution in [1.29, 1.82) is 0 Å². The van der Waals surface area contributed by atoms with Gasteiger partial charge in [-0.05, 0) is 31.0 Å². The molecule has 2 rings (SSSR count). The Kier molecular flexibility index (Phi) is 6.86. The first kappa shape index (κ1) is 20.3. The first-order chi connectivity index (χ1) is 12.9. The van der Waals surface area contributed by atoms with Crippen LogP contribution in [0.1, 0.15) is 37.6 Å². The summed E-state index contributed by atoms with van der Waals surface area (Å²) in [4.78, 5) is 36.0. The number of aryl methyl sites for hydroxylation is 1. The van der Waals surface area contributed by atoms with Gasteiger partial charge in [0.25, 0.3) is 5.91 Å². The van der Waals surface area contributed by atoms with E-state index in [4.69, 9.17) is 9.47 Å². The van der Waals surface area contributed by atoms with E-state index in [1.807, 2.05) is 20.8 Å². The number of rotatable bonds is 8. The van der Waals surface area contributed by atoms with Gasteiger partial charge in [0.2, 0.25) is 0 Å². The second kappa shape index (κ2) is 9.11. The Morgan fingerprint density at radius 3 is 2.63 bits per heavy atom. The number of amides is 1. The molecule has 0 aliphatic carbocycles. The van der Waals surface area contributed by atoms with Gasteiger partial charge in [-0.15, -0.1) is 5.10 Å². The van der Waals surface area contributed by atoms with Crippen LogP contribution in [0.25, 0.3) is 11.0 Å². The lowest BCUT2D eigenvalue weighted by Gasteiger charge is -2.21. The van der Waals surface area contributed by atoms with Crippen molar-refractivity contribution in [3.05, 3.63) is 23.8 Å². The topological polar surface area (TPSA) is 112 Å². The second-order valence-corrected chi connectivity index (χ2v) is 6.14. The maximum Gasteiger partial charge on any atom is 0.338 e. The first-order valence-electron chi connectivity index (χ1n) is 8.78. The van der Waals surface area contributed by atoms with E-state index in [2.05, 4.69) is 15.6 Å². The number of fused-ring (bicyclic) bond motifs is 1. The van der Waals surface area contributed by atoms with Gasteiger partial charge >= 0.3 is 11.9 Å². The molecule has 146 valence electrons. The fourth-order valence-corrected chi connectivity index (χ4v) is 2.56. The summed E-state index contributed by atoms with van der Waals surface area (Å²) in [5, 5.41) is 10.5. The molecule has 0 fully saturated rings. The molecule has 1 N–H and O–H groups in total. The van der Waals surface area contributed by atoms with E-state index < -0.39 is 30.5 Å². The molecule has 0 unspecified atom stereocenters. The average molecular weight is 376 g/mol. The highest BCUT2D eigenvalue weighted by Crippen LogP contribution is 2.14. The average Bonchev–Trinajstić information content (AvgIpc) is 3.11. The molecule has 0 bridgehead atoms. The fraction of sp³-hybridized carbons (Fsp3) is 0.500.